The molecule has 2 rings (SSSR count). The molecule has 0 aliphatic rings. The fourth-order valence-electron chi connectivity index (χ4n) is 2.00. The predicted molar refractivity (Wildman–Crippen MR) is 75.2 cm³/mol. The summed E-state index contributed by atoms with van der Waals surface area (Å²) in [4.78, 5) is 4.43. The summed E-state index contributed by atoms with van der Waals surface area (Å²) in [6.45, 7) is 5.17. The molecule has 0 radical (unpaired) electrons. The normalized spacial score (nSPS) is 10.7. The molecule has 4 heteroatoms. The van der Waals surface area contributed by atoms with Crippen molar-refractivity contribution >= 4 is 0 Å². The second-order valence-corrected chi connectivity index (χ2v) is 4.36. The first-order valence-corrected chi connectivity index (χ1v) is 6.64. The maximum absolute atomic E-state index is 5.70. The van der Waals surface area contributed by atoms with Crippen molar-refractivity contribution in [3.05, 3.63) is 35.9 Å². The summed E-state index contributed by atoms with van der Waals surface area (Å²) in [5.74, 6) is 2.40. The molecule has 2 aromatic rings. The van der Waals surface area contributed by atoms with Gasteiger partial charge in [-0.05, 0) is 50.6 Å². The summed E-state index contributed by atoms with van der Waals surface area (Å²) >= 11 is 0. The second kappa shape index (κ2) is 6.38. The van der Waals surface area contributed by atoms with Crippen molar-refractivity contribution in [3.63, 3.8) is 0 Å². The Hall–Kier alpha value is -1.81. The van der Waals surface area contributed by atoms with E-state index < -0.39 is 0 Å². The highest BCUT2D eigenvalue weighted by Gasteiger charge is 2.12. The zero-order chi connectivity index (χ0) is 13.7. The summed E-state index contributed by atoms with van der Waals surface area (Å²) in [5.41, 5.74) is 7.55. The van der Waals surface area contributed by atoms with Crippen LogP contribution in [0.5, 0.6) is 5.75 Å². The molecule has 0 aliphatic heterocycles. The van der Waals surface area contributed by atoms with Gasteiger partial charge in [-0.1, -0.05) is 0 Å². The van der Waals surface area contributed by atoms with Crippen molar-refractivity contribution in [3.8, 4) is 17.1 Å². The van der Waals surface area contributed by atoms with Crippen molar-refractivity contribution < 1.29 is 9.15 Å². The first-order valence-electron chi connectivity index (χ1n) is 6.64. The van der Waals surface area contributed by atoms with Gasteiger partial charge in [-0.3, -0.25) is 0 Å². The largest absolute Gasteiger partial charge is 0.494 e. The molecule has 0 bridgehead atoms. The molecule has 0 spiro atoms. The second-order valence-electron chi connectivity index (χ2n) is 4.36. The molecule has 0 unspecified atom stereocenters. The van der Waals surface area contributed by atoms with Crippen LogP contribution in [0.15, 0.2) is 28.7 Å². The van der Waals surface area contributed by atoms with E-state index in [0.29, 0.717) is 19.0 Å². The van der Waals surface area contributed by atoms with Gasteiger partial charge in [0.1, 0.15) is 5.75 Å². The number of hydrogen-bond acceptors (Lipinski definition) is 4. The van der Waals surface area contributed by atoms with Gasteiger partial charge in [0.05, 0.1) is 12.3 Å². The van der Waals surface area contributed by atoms with E-state index in [0.717, 1.165) is 35.6 Å². The van der Waals surface area contributed by atoms with Crippen LogP contribution in [-0.2, 0) is 6.42 Å². The number of nitrogens with two attached hydrogens (primary N) is 1. The van der Waals surface area contributed by atoms with Crippen LogP contribution >= 0.6 is 0 Å². The van der Waals surface area contributed by atoms with Gasteiger partial charge < -0.3 is 14.9 Å². The first kappa shape index (κ1) is 13.6. The Balaban J connectivity index is 2.24. The summed E-state index contributed by atoms with van der Waals surface area (Å²) in [5, 5.41) is 0. The highest BCUT2D eigenvalue weighted by Crippen LogP contribution is 2.27. The van der Waals surface area contributed by atoms with E-state index in [1.165, 1.54) is 0 Å². The SMILES string of the molecule is CCOc1ccc(-c2oc(C)nc2CCCN)cc1. The van der Waals surface area contributed by atoms with Gasteiger partial charge in [-0.25, -0.2) is 4.98 Å². The lowest BCUT2D eigenvalue weighted by Crippen LogP contribution is -2.01. The molecule has 0 atom stereocenters. The van der Waals surface area contributed by atoms with Gasteiger partial charge in [-0.2, -0.15) is 0 Å². The van der Waals surface area contributed by atoms with E-state index in [-0.39, 0.29) is 0 Å². The van der Waals surface area contributed by atoms with E-state index >= 15 is 0 Å². The number of nitrogens with zero attached hydrogens (tertiary/aromatic N) is 1. The zero-order valence-corrected chi connectivity index (χ0v) is 11.5. The molecule has 102 valence electrons. The number of benzene rings is 1. The van der Waals surface area contributed by atoms with Crippen LogP contribution < -0.4 is 10.5 Å². The number of rotatable bonds is 6. The number of aromatic nitrogens is 1. The number of oxazole rings is 1. The fraction of sp³-hybridized carbons (Fsp3) is 0.400. The average molecular weight is 260 g/mol. The van der Waals surface area contributed by atoms with Crippen LogP contribution in [0.3, 0.4) is 0 Å². The quantitative estimate of drug-likeness (QED) is 0.867. The molecule has 0 saturated carbocycles. The van der Waals surface area contributed by atoms with Crippen LogP contribution in [0.1, 0.15) is 24.9 Å². The predicted octanol–water partition coefficient (Wildman–Crippen LogP) is 2.94. The van der Waals surface area contributed by atoms with Crippen molar-refractivity contribution in [1.82, 2.24) is 4.98 Å². The van der Waals surface area contributed by atoms with Crippen molar-refractivity contribution in [1.29, 1.82) is 0 Å². The molecule has 4 nitrogen and oxygen atoms in total. The van der Waals surface area contributed by atoms with Crippen LogP contribution in [0.25, 0.3) is 11.3 Å². The lowest BCUT2D eigenvalue weighted by molar-refractivity contribution is 0.340. The summed E-state index contributed by atoms with van der Waals surface area (Å²) in [6, 6.07) is 7.89. The molecule has 1 heterocycles. The minimum Gasteiger partial charge on any atom is -0.494 e. The smallest absolute Gasteiger partial charge is 0.192 e. The molecular formula is C15H20N2O2. The molecule has 1 aromatic heterocycles. The van der Waals surface area contributed by atoms with Gasteiger partial charge in [0.25, 0.3) is 0 Å². The van der Waals surface area contributed by atoms with E-state index in [9.17, 15) is 0 Å². The average Bonchev–Trinajstić information content (AvgIpc) is 2.79. The van der Waals surface area contributed by atoms with Crippen molar-refractivity contribution in [2.45, 2.75) is 26.7 Å². The maximum Gasteiger partial charge on any atom is 0.192 e. The Bertz CT molecular complexity index is 517. The third-order valence-electron chi connectivity index (χ3n) is 2.85. The molecule has 0 aliphatic carbocycles. The Morgan fingerprint density at radius 1 is 1.26 bits per heavy atom. The Kier molecular flexibility index (Phi) is 4.58. The Morgan fingerprint density at radius 3 is 2.63 bits per heavy atom. The molecule has 2 N–H and O–H groups in total. The maximum atomic E-state index is 5.70. The number of ether oxygens (including phenoxy) is 1. The van der Waals surface area contributed by atoms with Gasteiger partial charge in [-0.15, -0.1) is 0 Å². The van der Waals surface area contributed by atoms with Crippen molar-refractivity contribution in [2.75, 3.05) is 13.2 Å². The minimum absolute atomic E-state index is 0.661. The van der Waals surface area contributed by atoms with E-state index in [4.69, 9.17) is 14.9 Å². The van der Waals surface area contributed by atoms with Gasteiger partial charge in [0.15, 0.2) is 11.7 Å². The van der Waals surface area contributed by atoms with Gasteiger partial charge >= 0.3 is 0 Å². The van der Waals surface area contributed by atoms with Crippen molar-refractivity contribution in [2.24, 2.45) is 5.73 Å². The third-order valence-corrected chi connectivity index (χ3v) is 2.85. The van der Waals surface area contributed by atoms with Crippen LogP contribution in [0.2, 0.25) is 0 Å². The number of hydrogen-bond donors (Lipinski definition) is 1. The van der Waals surface area contributed by atoms with Crippen LogP contribution in [0.4, 0.5) is 0 Å². The summed E-state index contributed by atoms with van der Waals surface area (Å²) in [7, 11) is 0. The van der Waals surface area contributed by atoms with Crippen LogP contribution in [-0.4, -0.2) is 18.1 Å². The third kappa shape index (κ3) is 3.35. The molecule has 0 fully saturated rings. The van der Waals surface area contributed by atoms with Gasteiger partial charge in [0, 0.05) is 12.5 Å². The fourth-order valence-corrected chi connectivity index (χ4v) is 2.00. The molecule has 1 aromatic carbocycles. The highest BCUT2D eigenvalue weighted by atomic mass is 16.5. The number of aryl methyl sites for hydroxylation is 2. The zero-order valence-electron chi connectivity index (χ0n) is 11.5. The molecule has 0 saturated heterocycles. The van der Waals surface area contributed by atoms with E-state index in [2.05, 4.69) is 4.98 Å². The monoisotopic (exact) mass is 260 g/mol. The standard InChI is InChI=1S/C15H20N2O2/c1-3-18-13-8-6-12(7-9-13)15-14(5-4-10-16)17-11(2)19-15/h6-9H,3-5,10,16H2,1-2H3. The highest BCUT2D eigenvalue weighted by molar-refractivity contribution is 5.61. The summed E-state index contributed by atoms with van der Waals surface area (Å²) in [6.07, 6.45) is 1.76. The summed E-state index contributed by atoms with van der Waals surface area (Å²) < 4.78 is 11.1. The van der Waals surface area contributed by atoms with E-state index in [1.807, 2.05) is 38.1 Å². The molecule has 0 amide bonds. The Morgan fingerprint density at radius 2 is 2.00 bits per heavy atom. The molecular weight excluding hydrogens is 240 g/mol. The minimum atomic E-state index is 0.661. The lowest BCUT2D eigenvalue weighted by atomic mass is 10.1. The topological polar surface area (TPSA) is 61.3 Å². The van der Waals surface area contributed by atoms with E-state index in [1.54, 1.807) is 0 Å². The molecule has 19 heavy (non-hydrogen) atoms. The Labute approximate surface area is 113 Å². The first-order chi connectivity index (χ1) is 9.24. The lowest BCUT2D eigenvalue weighted by Gasteiger charge is -2.04. The van der Waals surface area contributed by atoms with Crippen LogP contribution in [0, 0.1) is 6.92 Å². The van der Waals surface area contributed by atoms with Gasteiger partial charge in [0.2, 0.25) is 0 Å².